The van der Waals surface area contributed by atoms with Crippen LogP contribution in [0.3, 0.4) is 0 Å². The van der Waals surface area contributed by atoms with Crippen molar-refractivity contribution >= 4 is 34.9 Å². The minimum absolute atomic E-state index is 0.0415. The molecule has 3 aromatic carbocycles. The number of benzene rings is 3. The van der Waals surface area contributed by atoms with Gasteiger partial charge in [-0.25, -0.2) is 4.39 Å². The van der Waals surface area contributed by atoms with Crippen molar-refractivity contribution in [2.75, 3.05) is 13.1 Å². The van der Waals surface area contributed by atoms with Crippen molar-refractivity contribution in [3.8, 4) is 5.75 Å². The number of ether oxygens (including phenoxy) is 1. The highest BCUT2D eigenvalue weighted by atomic mass is 32.2. The first kappa shape index (κ1) is 23.3. The number of hydrogen-bond acceptors (Lipinski definition) is 5. The molecular weight excluding hydrogens is 455 g/mol. The van der Waals surface area contributed by atoms with E-state index in [0.717, 1.165) is 22.2 Å². The number of carbonyl (C=O) groups excluding carboxylic acids is 3. The van der Waals surface area contributed by atoms with Gasteiger partial charge in [0.1, 0.15) is 18.2 Å². The van der Waals surface area contributed by atoms with Crippen molar-refractivity contribution in [3.05, 3.63) is 106 Å². The van der Waals surface area contributed by atoms with Crippen molar-refractivity contribution in [3.63, 3.8) is 0 Å². The molecule has 3 aromatic rings. The van der Waals surface area contributed by atoms with E-state index in [1.165, 1.54) is 24.3 Å². The van der Waals surface area contributed by atoms with Gasteiger partial charge in [-0.15, -0.1) is 0 Å². The van der Waals surface area contributed by atoms with Gasteiger partial charge >= 0.3 is 0 Å². The summed E-state index contributed by atoms with van der Waals surface area (Å²) in [7, 11) is 0. The fourth-order valence-corrected chi connectivity index (χ4v) is 4.19. The van der Waals surface area contributed by atoms with Crippen molar-refractivity contribution < 1.29 is 23.5 Å². The van der Waals surface area contributed by atoms with Crippen LogP contribution in [-0.2, 0) is 11.4 Å². The third kappa shape index (κ3) is 5.71. The number of para-hydroxylation sites is 1. The van der Waals surface area contributed by atoms with Gasteiger partial charge in [0.05, 0.1) is 4.91 Å². The normalized spacial score (nSPS) is 14.5. The zero-order valence-corrected chi connectivity index (χ0v) is 18.9. The average molecular weight is 477 g/mol. The molecule has 1 aliphatic heterocycles. The van der Waals surface area contributed by atoms with Gasteiger partial charge in [0.2, 0.25) is 0 Å². The summed E-state index contributed by atoms with van der Waals surface area (Å²) in [5.74, 6) is -0.439. The Kier molecular flexibility index (Phi) is 7.39. The van der Waals surface area contributed by atoms with Gasteiger partial charge < -0.3 is 10.1 Å². The third-order valence-corrected chi connectivity index (χ3v) is 5.97. The molecule has 6 nitrogen and oxygen atoms in total. The molecule has 1 saturated heterocycles. The molecule has 1 heterocycles. The Bertz CT molecular complexity index is 1230. The fraction of sp³-hybridized carbons (Fsp3) is 0.115. The molecule has 0 unspecified atom stereocenters. The van der Waals surface area contributed by atoms with Gasteiger partial charge in [-0.3, -0.25) is 19.3 Å². The van der Waals surface area contributed by atoms with Crippen LogP contribution in [0.25, 0.3) is 6.08 Å². The first-order valence-corrected chi connectivity index (χ1v) is 11.4. The molecule has 1 fully saturated rings. The molecule has 0 aliphatic carbocycles. The zero-order chi connectivity index (χ0) is 23.9. The number of amides is 3. The van der Waals surface area contributed by atoms with Gasteiger partial charge in [-0.05, 0) is 53.7 Å². The monoisotopic (exact) mass is 476 g/mol. The minimum Gasteiger partial charge on any atom is -0.489 e. The lowest BCUT2D eigenvalue weighted by atomic mass is 10.1. The van der Waals surface area contributed by atoms with Crippen LogP contribution >= 0.6 is 11.8 Å². The van der Waals surface area contributed by atoms with Crippen molar-refractivity contribution in [2.24, 2.45) is 0 Å². The summed E-state index contributed by atoms with van der Waals surface area (Å²) in [5, 5.41) is 2.35. The summed E-state index contributed by atoms with van der Waals surface area (Å²) in [4.78, 5) is 39.0. The SMILES string of the molecule is O=C(NCCN1C(=O)S/C(=C\c2ccc(F)cc2)C1=O)c1ccccc1COc1ccccc1. The molecular formula is C26H21FN2O4S. The molecule has 0 spiro atoms. The van der Waals surface area contributed by atoms with Crippen molar-refractivity contribution in [1.29, 1.82) is 0 Å². The lowest BCUT2D eigenvalue weighted by molar-refractivity contribution is -0.122. The van der Waals surface area contributed by atoms with Crippen LogP contribution in [0.2, 0.25) is 0 Å². The van der Waals surface area contributed by atoms with E-state index in [2.05, 4.69) is 5.32 Å². The van der Waals surface area contributed by atoms with Gasteiger partial charge in [0.15, 0.2) is 0 Å². The first-order valence-electron chi connectivity index (χ1n) is 10.6. The molecule has 0 saturated carbocycles. The molecule has 0 aromatic heterocycles. The predicted octanol–water partition coefficient (Wildman–Crippen LogP) is 4.87. The number of nitrogens with zero attached hydrogens (tertiary/aromatic N) is 1. The van der Waals surface area contributed by atoms with Gasteiger partial charge in [0.25, 0.3) is 17.1 Å². The first-order chi connectivity index (χ1) is 16.5. The highest BCUT2D eigenvalue weighted by Crippen LogP contribution is 2.31. The molecule has 3 amide bonds. The number of carbonyl (C=O) groups is 3. The molecule has 4 rings (SSSR count). The Labute approximate surface area is 200 Å². The number of rotatable bonds is 8. The maximum Gasteiger partial charge on any atom is 0.293 e. The number of thioether (sulfide) groups is 1. The van der Waals surface area contributed by atoms with E-state index in [4.69, 9.17) is 4.74 Å². The maximum atomic E-state index is 13.1. The van der Waals surface area contributed by atoms with Crippen LogP contribution in [0.1, 0.15) is 21.5 Å². The van der Waals surface area contributed by atoms with Crippen LogP contribution in [0.4, 0.5) is 9.18 Å². The van der Waals surface area contributed by atoms with Crippen molar-refractivity contribution in [1.82, 2.24) is 10.2 Å². The second-order valence-electron chi connectivity index (χ2n) is 7.40. The van der Waals surface area contributed by atoms with E-state index < -0.39 is 11.1 Å². The minimum atomic E-state index is -0.440. The Morgan fingerprint density at radius 2 is 1.68 bits per heavy atom. The average Bonchev–Trinajstić information content (AvgIpc) is 3.12. The largest absolute Gasteiger partial charge is 0.489 e. The Balaban J connectivity index is 1.34. The quantitative estimate of drug-likeness (QED) is 0.470. The van der Waals surface area contributed by atoms with E-state index in [1.54, 1.807) is 18.2 Å². The zero-order valence-electron chi connectivity index (χ0n) is 18.1. The summed E-state index contributed by atoms with van der Waals surface area (Å²) in [5.41, 5.74) is 1.80. The predicted molar refractivity (Wildman–Crippen MR) is 129 cm³/mol. The number of imide groups is 1. The molecule has 34 heavy (non-hydrogen) atoms. The summed E-state index contributed by atoms with van der Waals surface area (Å²) in [6.45, 7) is 0.374. The number of halogens is 1. The van der Waals surface area contributed by atoms with E-state index in [9.17, 15) is 18.8 Å². The van der Waals surface area contributed by atoms with E-state index in [0.29, 0.717) is 16.9 Å². The van der Waals surface area contributed by atoms with Crippen LogP contribution in [-0.4, -0.2) is 35.0 Å². The van der Waals surface area contributed by atoms with Crippen LogP contribution < -0.4 is 10.1 Å². The van der Waals surface area contributed by atoms with Crippen LogP contribution in [0, 0.1) is 5.82 Å². The molecule has 0 radical (unpaired) electrons. The van der Waals surface area contributed by atoms with Gasteiger partial charge in [-0.2, -0.15) is 0 Å². The Hall–Kier alpha value is -3.91. The van der Waals surface area contributed by atoms with Crippen LogP contribution in [0.5, 0.6) is 5.75 Å². The Morgan fingerprint density at radius 3 is 2.44 bits per heavy atom. The number of hydrogen-bond donors (Lipinski definition) is 1. The van der Waals surface area contributed by atoms with Gasteiger partial charge in [-0.1, -0.05) is 48.5 Å². The standard InChI is InChI=1S/C26H21FN2O4S/c27-20-12-10-18(11-13-20)16-23-25(31)29(26(32)34-23)15-14-28-24(30)22-9-5-4-6-19(22)17-33-21-7-2-1-3-8-21/h1-13,16H,14-15,17H2,(H,28,30)/b23-16-. The topological polar surface area (TPSA) is 75.7 Å². The van der Waals surface area contributed by atoms with Crippen molar-refractivity contribution in [2.45, 2.75) is 6.61 Å². The molecule has 1 aliphatic rings. The van der Waals surface area contributed by atoms with E-state index in [1.807, 2.05) is 42.5 Å². The summed E-state index contributed by atoms with van der Waals surface area (Å²) >= 11 is 0.819. The lowest BCUT2D eigenvalue weighted by Gasteiger charge is -2.14. The highest BCUT2D eigenvalue weighted by molar-refractivity contribution is 8.18. The molecule has 0 atom stereocenters. The Morgan fingerprint density at radius 1 is 0.971 bits per heavy atom. The maximum absolute atomic E-state index is 13.1. The molecule has 0 bridgehead atoms. The fourth-order valence-electron chi connectivity index (χ4n) is 3.33. The van der Waals surface area contributed by atoms with E-state index in [-0.39, 0.29) is 36.3 Å². The van der Waals surface area contributed by atoms with E-state index >= 15 is 0 Å². The molecule has 8 heteroatoms. The smallest absolute Gasteiger partial charge is 0.293 e. The summed E-state index contributed by atoms with van der Waals surface area (Å²) in [6, 6.07) is 22.0. The van der Waals surface area contributed by atoms with Gasteiger partial charge in [0, 0.05) is 24.2 Å². The summed E-state index contributed by atoms with van der Waals surface area (Å²) in [6.07, 6.45) is 1.55. The highest BCUT2D eigenvalue weighted by Gasteiger charge is 2.34. The third-order valence-electron chi connectivity index (χ3n) is 5.06. The molecule has 172 valence electrons. The summed E-state index contributed by atoms with van der Waals surface area (Å²) < 4.78 is 18.8. The second-order valence-corrected chi connectivity index (χ2v) is 8.39. The second kappa shape index (κ2) is 10.8. The van der Waals surface area contributed by atoms with Crippen LogP contribution in [0.15, 0.2) is 83.8 Å². The lowest BCUT2D eigenvalue weighted by Crippen LogP contribution is -2.37. The molecule has 1 N–H and O–H groups in total. The number of nitrogens with one attached hydrogen (secondary N) is 1.